The summed E-state index contributed by atoms with van der Waals surface area (Å²) in [5.41, 5.74) is -0.192. The molecule has 0 aromatic heterocycles. The lowest BCUT2D eigenvalue weighted by atomic mass is 9.92. The zero-order chi connectivity index (χ0) is 19.2. The van der Waals surface area contributed by atoms with Gasteiger partial charge in [0.1, 0.15) is 11.4 Å². The summed E-state index contributed by atoms with van der Waals surface area (Å²) in [6, 6.07) is 6.46. The van der Waals surface area contributed by atoms with Crippen molar-refractivity contribution in [1.29, 1.82) is 0 Å². The number of ether oxygens (including phenoxy) is 2. The van der Waals surface area contributed by atoms with Crippen molar-refractivity contribution in [2.24, 2.45) is 5.92 Å². The Bertz CT molecular complexity index is 598. The molecule has 26 heavy (non-hydrogen) atoms. The van der Waals surface area contributed by atoms with Gasteiger partial charge in [-0.25, -0.2) is 9.59 Å². The highest BCUT2D eigenvalue weighted by Crippen LogP contribution is 2.23. The molecule has 1 fully saturated rings. The number of carbonyl (C=O) groups is 2. The summed E-state index contributed by atoms with van der Waals surface area (Å²) < 4.78 is 11.1. The van der Waals surface area contributed by atoms with Crippen LogP contribution in [0.3, 0.4) is 0 Å². The summed E-state index contributed by atoms with van der Waals surface area (Å²) >= 11 is 0. The molecule has 1 aromatic rings. The topological polar surface area (TPSA) is 76.1 Å². The molecule has 0 saturated carbocycles. The van der Waals surface area contributed by atoms with Crippen molar-refractivity contribution in [3.05, 3.63) is 29.8 Å². The molecule has 1 aliphatic rings. The Labute approximate surface area is 155 Å². The molecule has 1 saturated heterocycles. The van der Waals surface area contributed by atoms with Crippen molar-refractivity contribution in [3.8, 4) is 5.75 Å². The predicted molar refractivity (Wildman–Crippen MR) is 98.7 cm³/mol. The number of likely N-dealkylation sites (tertiary alicyclic amines) is 1. The Kier molecular flexibility index (Phi) is 6.89. The van der Waals surface area contributed by atoms with E-state index in [1.807, 2.05) is 20.8 Å². The normalized spacial score (nSPS) is 15.6. The van der Waals surface area contributed by atoms with Gasteiger partial charge in [0, 0.05) is 13.1 Å². The quantitative estimate of drug-likeness (QED) is 0.767. The van der Waals surface area contributed by atoms with Crippen LogP contribution in [0.1, 0.15) is 56.8 Å². The average molecular weight is 363 g/mol. The number of hydrogen-bond acceptors (Lipinski definition) is 4. The summed E-state index contributed by atoms with van der Waals surface area (Å²) in [7, 11) is 0. The number of piperidine rings is 1. The lowest BCUT2D eigenvalue weighted by Crippen LogP contribution is -2.41. The van der Waals surface area contributed by atoms with E-state index in [1.165, 1.54) is 0 Å². The number of carboxylic acids is 1. The minimum absolute atomic E-state index is 0.218. The third kappa shape index (κ3) is 6.58. The SMILES string of the molecule is CC(C)(C)OC(=O)N1CCC(CCCOc2ccc(C(=O)O)cc2)CC1. The van der Waals surface area contributed by atoms with Crippen LogP contribution in [-0.2, 0) is 4.74 Å². The third-order valence-electron chi connectivity index (χ3n) is 4.39. The molecular formula is C20H29NO5. The van der Waals surface area contributed by atoms with Crippen LogP contribution >= 0.6 is 0 Å². The molecule has 6 nitrogen and oxygen atoms in total. The highest BCUT2D eigenvalue weighted by Gasteiger charge is 2.26. The second-order valence-electron chi connectivity index (χ2n) is 7.73. The Hall–Kier alpha value is -2.24. The van der Waals surface area contributed by atoms with Gasteiger partial charge >= 0.3 is 12.1 Å². The molecule has 0 radical (unpaired) electrons. The lowest BCUT2D eigenvalue weighted by Gasteiger charge is -2.33. The van der Waals surface area contributed by atoms with Crippen molar-refractivity contribution >= 4 is 12.1 Å². The van der Waals surface area contributed by atoms with Crippen molar-refractivity contribution in [2.45, 2.75) is 52.1 Å². The zero-order valence-corrected chi connectivity index (χ0v) is 15.9. The molecule has 1 aliphatic heterocycles. The van der Waals surface area contributed by atoms with E-state index in [9.17, 15) is 9.59 Å². The number of amides is 1. The van der Waals surface area contributed by atoms with Crippen LogP contribution < -0.4 is 4.74 Å². The van der Waals surface area contributed by atoms with Crippen LogP contribution in [0.4, 0.5) is 4.79 Å². The van der Waals surface area contributed by atoms with E-state index in [0.29, 0.717) is 18.3 Å². The summed E-state index contributed by atoms with van der Waals surface area (Å²) in [5, 5.41) is 8.87. The van der Waals surface area contributed by atoms with E-state index < -0.39 is 11.6 Å². The van der Waals surface area contributed by atoms with E-state index in [2.05, 4.69) is 0 Å². The van der Waals surface area contributed by atoms with Crippen LogP contribution in [0.5, 0.6) is 5.75 Å². The van der Waals surface area contributed by atoms with Crippen LogP contribution in [0.2, 0.25) is 0 Å². The second kappa shape index (κ2) is 8.92. The number of hydrogen-bond donors (Lipinski definition) is 1. The number of benzene rings is 1. The standard InChI is InChI=1S/C20H29NO5/c1-20(2,3)26-19(24)21-12-10-15(11-13-21)5-4-14-25-17-8-6-16(7-9-17)18(22)23/h6-9,15H,4-5,10-14H2,1-3H3,(H,22,23). The Morgan fingerprint density at radius 2 is 1.77 bits per heavy atom. The van der Waals surface area contributed by atoms with E-state index in [0.717, 1.165) is 38.8 Å². The summed E-state index contributed by atoms with van der Waals surface area (Å²) in [6.45, 7) is 7.75. The molecule has 0 aliphatic carbocycles. The molecule has 6 heteroatoms. The zero-order valence-electron chi connectivity index (χ0n) is 15.9. The molecule has 1 amide bonds. The number of nitrogens with zero attached hydrogens (tertiary/aromatic N) is 1. The van der Waals surface area contributed by atoms with Crippen molar-refractivity contribution in [1.82, 2.24) is 4.90 Å². The molecule has 0 unspecified atom stereocenters. The highest BCUT2D eigenvalue weighted by molar-refractivity contribution is 5.87. The van der Waals surface area contributed by atoms with Crippen LogP contribution in [0.25, 0.3) is 0 Å². The predicted octanol–water partition coefficient (Wildman–Crippen LogP) is 4.19. The first-order chi connectivity index (χ1) is 12.2. The fourth-order valence-electron chi connectivity index (χ4n) is 2.99. The fraction of sp³-hybridized carbons (Fsp3) is 0.600. The van der Waals surface area contributed by atoms with Crippen molar-refractivity contribution < 1.29 is 24.2 Å². The molecular weight excluding hydrogens is 334 g/mol. The van der Waals surface area contributed by atoms with Gasteiger partial charge in [0.25, 0.3) is 0 Å². The molecule has 1 aromatic carbocycles. The van der Waals surface area contributed by atoms with E-state index in [-0.39, 0.29) is 11.7 Å². The monoisotopic (exact) mass is 363 g/mol. The first-order valence-corrected chi connectivity index (χ1v) is 9.19. The first-order valence-electron chi connectivity index (χ1n) is 9.19. The fourth-order valence-corrected chi connectivity index (χ4v) is 2.99. The number of rotatable bonds is 6. The van der Waals surface area contributed by atoms with Crippen molar-refractivity contribution in [3.63, 3.8) is 0 Å². The molecule has 144 valence electrons. The van der Waals surface area contributed by atoms with Gasteiger partial charge in [0.05, 0.1) is 12.2 Å². The maximum Gasteiger partial charge on any atom is 0.410 e. The van der Waals surface area contributed by atoms with Gasteiger partial charge in [0.2, 0.25) is 0 Å². The Morgan fingerprint density at radius 1 is 1.15 bits per heavy atom. The van der Waals surface area contributed by atoms with Gasteiger partial charge in [-0.2, -0.15) is 0 Å². The first kappa shape index (κ1) is 20.1. The second-order valence-corrected chi connectivity index (χ2v) is 7.73. The Morgan fingerprint density at radius 3 is 2.31 bits per heavy atom. The summed E-state index contributed by atoms with van der Waals surface area (Å²) in [5.74, 6) is 0.357. The van der Waals surface area contributed by atoms with Gasteiger partial charge in [-0.1, -0.05) is 0 Å². The van der Waals surface area contributed by atoms with E-state index in [1.54, 1.807) is 29.2 Å². The molecule has 2 rings (SSSR count). The van der Waals surface area contributed by atoms with Gasteiger partial charge < -0.3 is 19.5 Å². The van der Waals surface area contributed by atoms with Gasteiger partial charge in [-0.3, -0.25) is 0 Å². The lowest BCUT2D eigenvalue weighted by molar-refractivity contribution is 0.0179. The maximum atomic E-state index is 12.1. The molecule has 0 atom stereocenters. The largest absolute Gasteiger partial charge is 0.494 e. The van der Waals surface area contributed by atoms with Crippen LogP contribution in [0.15, 0.2) is 24.3 Å². The van der Waals surface area contributed by atoms with E-state index >= 15 is 0 Å². The van der Waals surface area contributed by atoms with Crippen LogP contribution in [0, 0.1) is 5.92 Å². The maximum absolute atomic E-state index is 12.1. The third-order valence-corrected chi connectivity index (χ3v) is 4.39. The van der Waals surface area contributed by atoms with Gasteiger partial charge in [0.15, 0.2) is 0 Å². The minimum atomic E-state index is -0.936. The minimum Gasteiger partial charge on any atom is -0.494 e. The molecule has 0 spiro atoms. The smallest absolute Gasteiger partial charge is 0.410 e. The number of aromatic carboxylic acids is 1. The highest BCUT2D eigenvalue weighted by atomic mass is 16.6. The van der Waals surface area contributed by atoms with Crippen LogP contribution in [-0.4, -0.2) is 47.4 Å². The summed E-state index contributed by atoms with van der Waals surface area (Å²) in [4.78, 5) is 24.7. The Balaban J connectivity index is 1.63. The number of carboxylic acid groups (broad SMARTS) is 1. The van der Waals surface area contributed by atoms with Gasteiger partial charge in [-0.05, 0) is 76.6 Å². The molecule has 1 heterocycles. The average Bonchev–Trinajstić information content (AvgIpc) is 2.58. The van der Waals surface area contributed by atoms with E-state index in [4.69, 9.17) is 14.6 Å². The molecule has 1 N–H and O–H groups in total. The van der Waals surface area contributed by atoms with Crippen molar-refractivity contribution in [2.75, 3.05) is 19.7 Å². The molecule has 0 bridgehead atoms. The summed E-state index contributed by atoms with van der Waals surface area (Å²) in [6.07, 6.45) is 3.77. The number of carbonyl (C=O) groups excluding carboxylic acids is 1. The van der Waals surface area contributed by atoms with Gasteiger partial charge in [-0.15, -0.1) is 0 Å².